The van der Waals surface area contributed by atoms with Crippen molar-refractivity contribution in [2.75, 3.05) is 0 Å². The molecule has 1 heterocycles. The van der Waals surface area contributed by atoms with Crippen molar-refractivity contribution in [2.45, 2.75) is 6.04 Å². The number of rotatable bonds is 1. The van der Waals surface area contributed by atoms with Gasteiger partial charge in [-0.1, -0.05) is 30.3 Å². The van der Waals surface area contributed by atoms with Gasteiger partial charge in [-0.25, -0.2) is 0 Å². The summed E-state index contributed by atoms with van der Waals surface area (Å²) in [7, 11) is 0. The second-order valence-corrected chi connectivity index (χ2v) is 2.32. The Labute approximate surface area is 64.5 Å². The average molecular weight is 145 g/mol. The van der Waals surface area contributed by atoms with E-state index in [9.17, 15) is 0 Å². The molecule has 54 valence electrons. The predicted molar refractivity (Wildman–Crippen MR) is 42.5 cm³/mol. The summed E-state index contributed by atoms with van der Waals surface area (Å²) in [6.45, 7) is 0. The maximum atomic E-state index is 3.91. The van der Waals surface area contributed by atoms with E-state index in [4.69, 9.17) is 0 Å². The van der Waals surface area contributed by atoms with Crippen LogP contribution in [0.2, 0.25) is 0 Å². The molecule has 1 aliphatic rings. The monoisotopic (exact) mass is 145 g/mol. The van der Waals surface area contributed by atoms with Crippen LogP contribution in [0.5, 0.6) is 0 Å². The van der Waals surface area contributed by atoms with Crippen LogP contribution >= 0.6 is 0 Å². The van der Waals surface area contributed by atoms with Crippen molar-refractivity contribution in [2.24, 2.45) is 15.4 Å². The molecule has 1 aliphatic heterocycles. The molecule has 1 atom stereocenters. The van der Waals surface area contributed by atoms with Gasteiger partial charge in [0.2, 0.25) is 0 Å². The van der Waals surface area contributed by atoms with Crippen LogP contribution in [0.4, 0.5) is 0 Å². The third-order valence-corrected chi connectivity index (χ3v) is 1.58. The molecule has 2 rings (SSSR count). The Balaban J connectivity index is 2.30. The SMILES string of the molecule is C1=NN=NC1c1ccccc1. The van der Waals surface area contributed by atoms with E-state index in [0.717, 1.165) is 5.56 Å². The summed E-state index contributed by atoms with van der Waals surface area (Å²) in [5.74, 6) is 0. The van der Waals surface area contributed by atoms with E-state index in [1.54, 1.807) is 6.21 Å². The van der Waals surface area contributed by atoms with E-state index >= 15 is 0 Å². The van der Waals surface area contributed by atoms with Crippen LogP contribution in [-0.4, -0.2) is 6.21 Å². The van der Waals surface area contributed by atoms with Crippen molar-refractivity contribution >= 4 is 6.21 Å². The van der Waals surface area contributed by atoms with E-state index in [1.165, 1.54) is 0 Å². The number of hydrogen-bond acceptors (Lipinski definition) is 3. The summed E-state index contributed by atoms with van der Waals surface area (Å²) in [5, 5.41) is 11.1. The van der Waals surface area contributed by atoms with Crippen molar-refractivity contribution in [3.8, 4) is 0 Å². The molecule has 0 aliphatic carbocycles. The zero-order chi connectivity index (χ0) is 7.52. The fraction of sp³-hybridized carbons (Fsp3) is 0.125. The van der Waals surface area contributed by atoms with E-state index in [0.29, 0.717) is 0 Å². The molecule has 0 N–H and O–H groups in total. The molecule has 0 aromatic heterocycles. The molecule has 1 unspecified atom stereocenters. The Morgan fingerprint density at radius 1 is 1.09 bits per heavy atom. The second kappa shape index (κ2) is 2.62. The van der Waals surface area contributed by atoms with Gasteiger partial charge >= 0.3 is 0 Å². The standard InChI is InChI=1S/C8H7N3/c1-2-4-7(5-3-1)8-6-9-11-10-8/h1-6,8H. The minimum Gasteiger partial charge on any atom is -0.155 e. The molecule has 3 heteroatoms. The van der Waals surface area contributed by atoms with Crippen LogP contribution in [0.15, 0.2) is 45.8 Å². The Kier molecular flexibility index (Phi) is 1.48. The molecular formula is C8H7N3. The molecule has 0 radical (unpaired) electrons. The number of benzene rings is 1. The Morgan fingerprint density at radius 2 is 1.91 bits per heavy atom. The van der Waals surface area contributed by atoms with E-state index in [2.05, 4.69) is 15.4 Å². The van der Waals surface area contributed by atoms with E-state index in [1.807, 2.05) is 30.3 Å². The fourth-order valence-corrected chi connectivity index (χ4v) is 1.01. The third-order valence-electron chi connectivity index (χ3n) is 1.58. The highest BCUT2D eigenvalue weighted by Gasteiger charge is 2.08. The van der Waals surface area contributed by atoms with Gasteiger partial charge in [0.1, 0.15) is 6.04 Å². The molecule has 0 saturated carbocycles. The number of hydrogen-bond donors (Lipinski definition) is 0. The predicted octanol–water partition coefficient (Wildman–Crippen LogP) is 2.18. The van der Waals surface area contributed by atoms with Gasteiger partial charge in [-0.15, -0.1) is 5.10 Å². The minimum atomic E-state index is 0.0381. The van der Waals surface area contributed by atoms with Crippen LogP contribution in [0, 0.1) is 0 Å². The van der Waals surface area contributed by atoms with Crippen molar-refractivity contribution in [1.29, 1.82) is 0 Å². The summed E-state index contributed by atoms with van der Waals surface area (Å²) >= 11 is 0. The summed E-state index contributed by atoms with van der Waals surface area (Å²) in [4.78, 5) is 0. The lowest BCUT2D eigenvalue weighted by Gasteiger charge is -1.99. The number of nitrogens with zero attached hydrogens (tertiary/aromatic N) is 3. The summed E-state index contributed by atoms with van der Waals surface area (Å²) in [5.41, 5.74) is 1.14. The lowest BCUT2D eigenvalue weighted by atomic mass is 10.1. The zero-order valence-corrected chi connectivity index (χ0v) is 5.88. The molecule has 0 fully saturated rings. The molecule has 1 aromatic carbocycles. The zero-order valence-electron chi connectivity index (χ0n) is 5.88. The highest BCUT2D eigenvalue weighted by molar-refractivity contribution is 5.68. The third kappa shape index (κ3) is 1.17. The van der Waals surface area contributed by atoms with Crippen LogP contribution in [0.25, 0.3) is 0 Å². The molecule has 0 bridgehead atoms. The van der Waals surface area contributed by atoms with Crippen LogP contribution in [0.1, 0.15) is 11.6 Å². The Bertz CT molecular complexity index is 277. The highest BCUT2D eigenvalue weighted by Crippen LogP contribution is 2.18. The van der Waals surface area contributed by atoms with E-state index in [-0.39, 0.29) is 6.04 Å². The molecule has 0 saturated heterocycles. The lowest BCUT2D eigenvalue weighted by Crippen LogP contribution is -1.91. The Hall–Kier alpha value is -1.51. The highest BCUT2D eigenvalue weighted by atomic mass is 15.4. The first-order valence-corrected chi connectivity index (χ1v) is 3.45. The first-order valence-electron chi connectivity index (χ1n) is 3.45. The first kappa shape index (κ1) is 6.22. The quantitative estimate of drug-likeness (QED) is 0.580. The average Bonchev–Trinajstić information content (AvgIpc) is 2.58. The van der Waals surface area contributed by atoms with Crippen molar-refractivity contribution < 1.29 is 0 Å². The van der Waals surface area contributed by atoms with Gasteiger partial charge in [0.15, 0.2) is 0 Å². The summed E-state index contributed by atoms with van der Waals surface area (Å²) < 4.78 is 0. The van der Waals surface area contributed by atoms with E-state index < -0.39 is 0 Å². The van der Waals surface area contributed by atoms with Gasteiger partial charge in [-0.2, -0.15) is 5.11 Å². The summed E-state index contributed by atoms with van der Waals surface area (Å²) in [6, 6.07) is 10.0. The summed E-state index contributed by atoms with van der Waals surface area (Å²) in [6.07, 6.45) is 1.73. The maximum absolute atomic E-state index is 3.91. The van der Waals surface area contributed by atoms with Gasteiger partial charge < -0.3 is 0 Å². The first-order chi connectivity index (χ1) is 5.47. The van der Waals surface area contributed by atoms with Crippen molar-refractivity contribution in [1.82, 2.24) is 0 Å². The normalized spacial score (nSPS) is 20.9. The van der Waals surface area contributed by atoms with Gasteiger partial charge in [0, 0.05) is 0 Å². The largest absolute Gasteiger partial charge is 0.155 e. The fourth-order valence-electron chi connectivity index (χ4n) is 1.01. The lowest BCUT2D eigenvalue weighted by molar-refractivity contribution is 0.908. The molecule has 1 aromatic rings. The van der Waals surface area contributed by atoms with Crippen LogP contribution < -0.4 is 0 Å². The Morgan fingerprint density at radius 3 is 2.55 bits per heavy atom. The molecule has 0 spiro atoms. The smallest absolute Gasteiger partial charge is 0.135 e. The second-order valence-electron chi connectivity index (χ2n) is 2.32. The van der Waals surface area contributed by atoms with Gasteiger partial charge in [-0.05, 0) is 10.8 Å². The van der Waals surface area contributed by atoms with Crippen LogP contribution in [0.3, 0.4) is 0 Å². The molecule has 3 nitrogen and oxygen atoms in total. The molecule has 0 amide bonds. The van der Waals surface area contributed by atoms with Crippen molar-refractivity contribution in [3.63, 3.8) is 0 Å². The molecule has 11 heavy (non-hydrogen) atoms. The van der Waals surface area contributed by atoms with Gasteiger partial charge in [0.05, 0.1) is 6.21 Å². The maximum Gasteiger partial charge on any atom is 0.135 e. The topological polar surface area (TPSA) is 37.1 Å². The van der Waals surface area contributed by atoms with Gasteiger partial charge in [-0.3, -0.25) is 0 Å². The molecular weight excluding hydrogens is 138 g/mol. The van der Waals surface area contributed by atoms with Gasteiger partial charge in [0.25, 0.3) is 0 Å². The van der Waals surface area contributed by atoms with Crippen LogP contribution in [-0.2, 0) is 0 Å². The minimum absolute atomic E-state index is 0.0381. The van der Waals surface area contributed by atoms with Crippen molar-refractivity contribution in [3.05, 3.63) is 35.9 Å².